The van der Waals surface area contributed by atoms with Crippen molar-refractivity contribution < 1.29 is 4.79 Å². The first-order valence-corrected chi connectivity index (χ1v) is 10.0. The normalized spacial score (nSPS) is 12.0. The molecule has 0 spiro atoms. The Balaban J connectivity index is 1.85. The first-order valence-electron chi connectivity index (χ1n) is 8.47. The van der Waals surface area contributed by atoms with Crippen LogP contribution in [0.3, 0.4) is 0 Å². The fourth-order valence-corrected chi connectivity index (χ4v) is 3.60. The predicted molar refractivity (Wildman–Crippen MR) is 113 cm³/mol. The van der Waals surface area contributed by atoms with Crippen molar-refractivity contribution >= 4 is 45.0 Å². The molecule has 2 aromatic carbocycles. The van der Waals surface area contributed by atoms with E-state index in [1.165, 1.54) is 0 Å². The second-order valence-electron chi connectivity index (χ2n) is 6.14. The number of nitrogens with zero attached hydrogens (tertiary/aromatic N) is 2. The van der Waals surface area contributed by atoms with Crippen molar-refractivity contribution in [3.05, 3.63) is 80.0 Å². The molecule has 0 saturated carbocycles. The van der Waals surface area contributed by atoms with Gasteiger partial charge in [-0.3, -0.25) is 4.79 Å². The van der Waals surface area contributed by atoms with Crippen LogP contribution in [0.1, 0.15) is 41.0 Å². The maximum Gasteiger partial charge on any atom is 0.255 e. The molecule has 3 rings (SSSR count). The van der Waals surface area contributed by atoms with Gasteiger partial charge < -0.3 is 5.32 Å². The minimum absolute atomic E-state index is 0.0808. The van der Waals surface area contributed by atoms with Crippen molar-refractivity contribution in [2.45, 2.75) is 26.3 Å². The highest BCUT2D eigenvalue weighted by Gasteiger charge is 2.19. The van der Waals surface area contributed by atoms with Crippen LogP contribution in [0.2, 0.25) is 10.0 Å². The van der Waals surface area contributed by atoms with E-state index in [1.54, 1.807) is 23.0 Å². The Bertz CT molecular complexity index is 987. The number of hydrogen-bond acceptors (Lipinski definition) is 2. The van der Waals surface area contributed by atoms with Gasteiger partial charge in [-0.05, 0) is 49.2 Å². The Kier molecular flexibility index (Phi) is 6.25. The summed E-state index contributed by atoms with van der Waals surface area (Å²) in [6.45, 7) is 3.89. The van der Waals surface area contributed by atoms with Crippen molar-refractivity contribution in [2.75, 3.05) is 0 Å². The van der Waals surface area contributed by atoms with E-state index in [4.69, 9.17) is 23.2 Å². The van der Waals surface area contributed by atoms with Gasteiger partial charge in [-0.2, -0.15) is 5.10 Å². The molecule has 3 aromatic rings. The summed E-state index contributed by atoms with van der Waals surface area (Å²) in [5.74, 6) is -0.161. The lowest BCUT2D eigenvalue weighted by molar-refractivity contribution is 0.0935. The van der Waals surface area contributed by atoms with E-state index in [0.29, 0.717) is 15.6 Å². The van der Waals surface area contributed by atoms with Crippen LogP contribution < -0.4 is 5.32 Å². The molecule has 0 fully saturated rings. The van der Waals surface area contributed by atoms with E-state index >= 15 is 0 Å². The molecule has 1 heterocycles. The molecule has 1 atom stereocenters. The lowest BCUT2D eigenvalue weighted by Gasteiger charge is -2.17. The van der Waals surface area contributed by atoms with Crippen molar-refractivity contribution in [1.29, 1.82) is 0 Å². The zero-order valence-electron chi connectivity index (χ0n) is 14.8. The van der Waals surface area contributed by atoms with E-state index in [9.17, 15) is 4.79 Å². The molecule has 0 radical (unpaired) electrons. The highest BCUT2D eigenvalue weighted by molar-refractivity contribution is 9.10. The molecule has 0 saturated heterocycles. The summed E-state index contributed by atoms with van der Waals surface area (Å²) >= 11 is 15.6. The van der Waals surface area contributed by atoms with Crippen LogP contribution in [-0.2, 0) is 0 Å². The maximum absolute atomic E-state index is 12.8. The van der Waals surface area contributed by atoms with E-state index in [-0.39, 0.29) is 11.9 Å². The average molecular weight is 467 g/mol. The molecule has 0 bridgehead atoms. The monoisotopic (exact) mass is 465 g/mol. The second-order valence-corrected chi connectivity index (χ2v) is 7.87. The summed E-state index contributed by atoms with van der Waals surface area (Å²) < 4.78 is 2.66. The van der Waals surface area contributed by atoms with Gasteiger partial charge in [0.2, 0.25) is 0 Å². The van der Waals surface area contributed by atoms with E-state index in [2.05, 4.69) is 26.3 Å². The number of nitrogens with one attached hydrogen (secondary N) is 1. The smallest absolute Gasteiger partial charge is 0.255 e. The van der Waals surface area contributed by atoms with Gasteiger partial charge in [0.1, 0.15) is 0 Å². The lowest BCUT2D eigenvalue weighted by atomic mass is 10.0. The molecule has 0 aliphatic carbocycles. The van der Waals surface area contributed by atoms with Gasteiger partial charge >= 0.3 is 0 Å². The first-order chi connectivity index (χ1) is 12.9. The van der Waals surface area contributed by atoms with E-state index < -0.39 is 0 Å². The second kappa shape index (κ2) is 8.46. The standard InChI is InChI=1S/C20H18BrCl2N3O/c1-3-19(13-5-4-6-14(21)9-13)25-20(27)16-11-24-26(12(16)2)15-7-8-17(22)18(23)10-15/h4-11,19H,3H2,1-2H3,(H,25,27)/t19-/m0/s1. The lowest BCUT2D eigenvalue weighted by Crippen LogP contribution is -2.28. The van der Waals surface area contributed by atoms with E-state index in [0.717, 1.165) is 27.8 Å². The summed E-state index contributed by atoms with van der Waals surface area (Å²) in [7, 11) is 0. The Hall–Kier alpha value is -1.82. The predicted octanol–water partition coefficient (Wildman–Crippen LogP) is 6.13. The summed E-state index contributed by atoms with van der Waals surface area (Å²) in [6, 6.07) is 13.1. The summed E-state index contributed by atoms with van der Waals surface area (Å²) in [6.07, 6.45) is 2.35. The molecular weight excluding hydrogens is 449 g/mol. The summed E-state index contributed by atoms with van der Waals surface area (Å²) in [4.78, 5) is 12.8. The third-order valence-electron chi connectivity index (χ3n) is 4.37. The third-order valence-corrected chi connectivity index (χ3v) is 5.60. The molecule has 4 nitrogen and oxygen atoms in total. The quantitative estimate of drug-likeness (QED) is 0.491. The van der Waals surface area contributed by atoms with Gasteiger partial charge in [0, 0.05) is 4.47 Å². The van der Waals surface area contributed by atoms with Crippen molar-refractivity contribution in [3.63, 3.8) is 0 Å². The fourth-order valence-electron chi connectivity index (χ4n) is 2.89. The van der Waals surface area contributed by atoms with Crippen LogP contribution in [0.15, 0.2) is 53.1 Å². The Morgan fingerprint density at radius 2 is 2.00 bits per heavy atom. The maximum atomic E-state index is 12.8. The minimum atomic E-state index is -0.161. The molecule has 27 heavy (non-hydrogen) atoms. The number of hydrogen-bond donors (Lipinski definition) is 1. The van der Waals surface area contributed by atoms with Gasteiger partial charge in [-0.1, -0.05) is 58.2 Å². The molecule has 1 amide bonds. The minimum Gasteiger partial charge on any atom is -0.345 e. The van der Waals surface area contributed by atoms with Gasteiger partial charge in [0.05, 0.1) is 39.2 Å². The topological polar surface area (TPSA) is 46.9 Å². The Morgan fingerprint density at radius 1 is 1.22 bits per heavy atom. The SMILES string of the molecule is CC[C@H](NC(=O)c1cnn(-c2ccc(Cl)c(Cl)c2)c1C)c1cccc(Br)c1. The summed E-state index contributed by atoms with van der Waals surface area (Å²) in [5, 5.41) is 8.35. The largest absolute Gasteiger partial charge is 0.345 e. The van der Waals surface area contributed by atoms with E-state index in [1.807, 2.05) is 44.2 Å². The van der Waals surface area contributed by atoms with Crippen LogP contribution >= 0.6 is 39.1 Å². The highest BCUT2D eigenvalue weighted by atomic mass is 79.9. The van der Waals surface area contributed by atoms with Crippen LogP contribution in [0.5, 0.6) is 0 Å². The third kappa shape index (κ3) is 4.37. The van der Waals surface area contributed by atoms with Gasteiger partial charge in [-0.15, -0.1) is 0 Å². The van der Waals surface area contributed by atoms with Crippen LogP contribution in [0.4, 0.5) is 0 Å². The Labute approximate surface area is 176 Å². The highest BCUT2D eigenvalue weighted by Crippen LogP contribution is 2.26. The molecule has 1 aromatic heterocycles. The Morgan fingerprint density at radius 3 is 2.67 bits per heavy atom. The molecule has 1 N–H and O–H groups in total. The van der Waals surface area contributed by atoms with Crippen LogP contribution in [-0.4, -0.2) is 15.7 Å². The number of halogens is 3. The molecule has 0 unspecified atom stereocenters. The van der Waals surface area contributed by atoms with Gasteiger partial charge in [-0.25, -0.2) is 4.68 Å². The van der Waals surface area contributed by atoms with Crippen LogP contribution in [0, 0.1) is 6.92 Å². The average Bonchev–Trinajstić information content (AvgIpc) is 3.03. The van der Waals surface area contributed by atoms with Gasteiger partial charge in [0.15, 0.2) is 0 Å². The van der Waals surface area contributed by atoms with Crippen molar-refractivity contribution in [3.8, 4) is 5.69 Å². The number of benzene rings is 2. The number of amides is 1. The van der Waals surface area contributed by atoms with Crippen molar-refractivity contribution in [1.82, 2.24) is 15.1 Å². The van der Waals surface area contributed by atoms with Crippen molar-refractivity contribution in [2.24, 2.45) is 0 Å². The van der Waals surface area contributed by atoms with Crippen LogP contribution in [0.25, 0.3) is 5.69 Å². The molecule has 7 heteroatoms. The number of rotatable bonds is 5. The fraction of sp³-hybridized carbons (Fsp3) is 0.200. The number of carbonyl (C=O) groups is 1. The zero-order valence-corrected chi connectivity index (χ0v) is 17.9. The van der Waals surface area contributed by atoms with Gasteiger partial charge in [0.25, 0.3) is 5.91 Å². The molecule has 140 valence electrons. The molecule has 0 aliphatic rings. The summed E-state index contributed by atoms with van der Waals surface area (Å²) in [5.41, 5.74) is 3.05. The number of aromatic nitrogens is 2. The first kappa shape index (κ1) is 19.9. The zero-order chi connectivity index (χ0) is 19.6. The molecular formula is C20H18BrCl2N3O. The molecule has 0 aliphatic heterocycles. The number of carbonyl (C=O) groups excluding carboxylic acids is 1.